The Labute approximate surface area is 194 Å². The SMILES string of the molecule is Cn1nc(C(F)F)cc1CNc1ncc(Br)cc1S(=O)(=O)N1CCOCC2(CCCC2)C1. The number of rotatable bonds is 6. The molecule has 0 radical (unpaired) electrons. The van der Waals surface area contributed by atoms with Gasteiger partial charge in [0, 0.05) is 36.2 Å². The van der Waals surface area contributed by atoms with Crippen LogP contribution >= 0.6 is 15.9 Å². The highest BCUT2D eigenvalue weighted by atomic mass is 79.9. The fraction of sp³-hybridized carbons (Fsp3) is 0.600. The van der Waals surface area contributed by atoms with Gasteiger partial charge in [-0.25, -0.2) is 22.2 Å². The molecule has 3 heterocycles. The Morgan fingerprint density at radius 3 is 2.75 bits per heavy atom. The van der Waals surface area contributed by atoms with Crippen LogP contribution < -0.4 is 5.32 Å². The zero-order chi connectivity index (χ0) is 22.9. The summed E-state index contributed by atoms with van der Waals surface area (Å²) in [4.78, 5) is 4.31. The van der Waals surface area contributed by atoms with Gasteiger partial charge in [-0.3, -0.25) is 4.68 Å². The van der Waals surface area contributed by atoms with Gasteiger partial charge in [0.25, 0.3) is 6.43 Å². The molecule has 4 rings (SSSR count). The molecule has 1 aliphatic carbocycles. The Kier molecular flexibility index (Phi) is 6.85. The summed E-state index contributed by atoms with van der Waals surface area (Å²) in [6.45, 7) is 1.71. The first-order chi connectivity index (χ1) is 15.2. The normalized spacial score (nSPS) is 19.5. The van der Waals surface area contributed by atoms with Crippen LogP contribution in [0.2, 0.25) is 0 Å². The largest absolute Gasteiger partial charge is 0.379 e. The van der Waals surface area contributed by atoms with Crippen molar-refractivity contribution in [2.45, 2.75) is 43.5 Å². The molecule has 1 N–H and O–H groups in total. The van der Waals surface area contributed by atoms with Gasteiger partial charge >= 0.3 is 0 Å². The number of hydrogen-bond acceptors (Lipinski definition) is 6. The van der Waals surface area contributed by atoms with E-state index in [4.69, 9.17) is 4.74 Å². The lowest BCUT2D eigenvalue weighted by Crippen LogP contribution is -2.40. The predicted octanol–water partition coefficient (Wildman–Crippen LogP) is 3.71. The first-order valence-electron chi connectivity index (χ1n) is 10.5. The van der Waals surface area contributed by atoms with Gasteiger partial charge in [-0.1, -0.05) is 12.8 Å². The predicted molar refractivity (Wildman–Crippen MR) is 118 cm³/mol. The highest BCUT2D eigenvalue weighted by molar-refractivity contribution is 9.10. The van der Waals surface area contributed by atoms with E-state index in [0.717, 1.165) is 25.7 Å². The molecule has 176 valence electrons. The zero-order valence-corrected chi connectivity index (χ0v) is 20.1. The Bertz CT molecular complexity index is 1070. The fourth-order valence-electron chi connectivity index (χ4n) is 4.45. The van der Waals surface area contributed by atoms with Crippen molar-refractivity contribution in [3.8, 4) is 0 Å². The Hall–Kier alpha value is -1.63. The maximum atomic E-state index is 13.7. The topological polar surface area (TPSA) is 89.3 Å². The van der Waals surface area contributed by atoms with Crippen LogP contribution in [0.1, 0.15) is 43.5 Å². The van der Waals surface area contributed by atoms with Gasteiger partial charge in [-0.2, -0.15) is 9.40 Å². The van der Waals surface area contributed by atoms with E-state index in [0.29, 0.717) is 29.9 Å². The maximum Gasteiger partial charge on any atom is 0.282 e. The molecule has 0 unspecified atom stereocenters. The van der Waals surface area contributed by atoms with Gasteiger partial charge < -0.3 is 10.1 Å². The van der Waals surface area contributed by atoms with E-state index in [2.05, 4.69) is 31.3 Å². The highest BCUT2D eigenvalue weighted by Crippen LogP contribution is 2.41. The van der Waals surface area contributed by atoms with Crippen molar-refractivity contribution in [1.82, 2.24) is 19.1 Å². The second-order valence-electron chi connectivity index (χ2n) is 8.44. The van der Waals surface area contributed by atoms with Crippen LogP contribution in [0, 0.1) is 5.41 Å². The number of halogens is 3. The van der Waals surface area contributed by atoms with E-state index in [-0.39, 0.29) is 34.9 Å². The summed E-state index contributed by atoms with van der Waals surface area (Å²) < 4.78 is 62.4. The molecule has 12 heteroatoms. The average molecular weight is 534 g/mol. The molecular weight excluding hydrogens is 508 g/mol. The number of hydrogen-bond donors (Lipinski definition) is 1. The molecule has 0 bridgehead atoms. The monoisotopic (exact) mass is 533 g/mol. The summed E-state index contributed by atoms with van der Waals surface area (Å²) in [5.74, 6) is 0.165. The van der Waals surface area contributed by atoms with E-state index < -0.39 is 16.4 Å². The van der Waals surface area contributed by atoms with E-state index in [1.54, 1.807) is 7.05 Å². The number of ether oxygens (including phenoxy) is 1. The molecule has 1 saturated carbocycles. The smallest absolute Gasteiger partial charge is 0.282 e. The van der Waals surface area contributed by atoms with Gasteiger partial charge in [0.05, 0.1) is 25.5 Å². The Morgan fingerprint density at radius 1 is 1.31 bits per heavy atom. The third-order valence-electron chi connectivity index (χ3n) is 6.16. The number of nitrogens with zero attached hydrogens (tertiary/aromatic N) is 4. The molecule has 2 aromatic rings. The number of sulfonamides is 1. The van der Waals surface area contributed by atoms with Crippen molar-refractivity contribution in [2.24, 2.45) is 12.5 Å². The van der Waals surface area contributed by atoms with Gasteiger partial charge in [0.15, 0.2) is 0 Å². The van der Waals surface area contributed by atoms with Crippen molar-refractivity contribution >= 4 is 31.8 Å². The summed E-state index contributed by atoms with van der Waals surface area (Å²) in [5, 5.41) is 6.79. The minimum Gasteiger partial charge on any atom is -0.379 e. The minimum absolute atomic E-state index is 0.0400. The van der Waals surface area contributed by atoms with Crippen LogP contribution in [-0.4, -0.2) is 53.8 Å². The molecule has 0 amide bonds. The third kappa shape index (κ3) is 4.82. The van der Waals surface area contributed by atoms with E-state index >= 15 is 0 Å². The number of nitrogens with one attached hydrogen (secondary N) is 1. The van der Waals surface area contributed by atoms with Crippen LogP contribution in [0.15, 0.2) is 27.7 Å². The number of anilines is 1. The second kappa shape index (κ2) is 9.32. The molecule has 1 spiro atoms. The molecule has 1 aliphatic heterocycles. The van der Waals surface area contributed by atoms with Crippen molar-refractivity contribution in [3.05, 3.63) is 34.2 Å². The first kappa shape index (κ1) is 23.5. The zero-order valence-electron chi connectivity index (χ0n) is 17.7. The van der Waals surface area contributed by atoms with Crippen LogP contribution in [0.4, 0.5) is 14.6 Å². The Morgan fingerprint density at radius 2 is 2.06 bits per heavy atom. The molecule has 0 aromatic carbocycles. The van der Waals surface area contributed by atoms with Crippen LogP contribution in [0.3, 0.4) is 0 Å². The minimum atomic E-state index is -3.87. The molecule has 32 heavy (non-hydrogen) atoms. The first-order valence-corrected chi connectivity index (χ1v) is 12.7. The summed E-state index contributed by atoms with van der Waals surface area (Å²) in [6.07, 6.45) is 2.88. The molecule has 0 atom stereocenters. The molecule has 2 fully saturated rings. The molecule has 2 aromatic heterocycles. The van der Waals surface area contributed by atoms with Gasteiger partial charge in [-0.05, 0) is 40.9 Å². The van der Waals surface area contributed by atoms with Crippen molar-refractivity contribution in [3.63, 3.8) is 0 Å². The van der Waals surface area contributed by atoms with E-state index in [1.165, 1.54) is 27.3 Å². The molecule has 2 aliphatic rings. The highest BCUT2D eigenvalue weighted by Gasteiger charge is 2.41. The standard InChI is InChI=1S/C20H26BrF2N5O3S/c1-27-15(9-16(26-27)18(22)23)11-25-19-17(8-14(21)10-24-19)32(29,30)28-6-7-31-13-20(12-28)4-2-3-5-20/h8-10,18H,2-7,11-13H2,1H3,(H,24,25). The summed E-state index contributed by atoms with van der Waals surface area (Å²) >= 11 is 3.32. The summed E-state index contributed by atoms with van der Waals surface area (Å²) in [6, 6.07) is 2.81. The number of alkyl halides is 2. The van der Waals surface area contributed by atoms with Gasteiger partial charge in [-0.15, -0.1) is 0 Å². The van der Waals surface area contributed by atoms with Gasteiger partial charge in [0.1, 0.15) is 16.4 Å². The maximum absolute atomic E-state index is 13.7. The van der Waals surface area contributed by atoms with Crippen LogP contribution in [0.25, 0.3) is 0 Å². The lowest BCUT2D eigenvalue weighted by atomic mass is 9.87. The number of aryl methyl sites for hydroxylation is 1. The van der Waals surface area contributed by atoms with Crippen molar-refractivity contribution in [1.29, 1.82) is 0 Å². The molecule has 1 saturated heterocycles. The van der Waals surface area contributed by atoms with E-state index in [9.17, 15) is 17.2 Å². The van der Waals surface area contributed by atoms with Gasteiger partial charge in [0.2, 0.25) is 10.0 Å². The number of pyridine rings is 1. The third-order valence-corrected chi connectivity index (χ3v) is 8.45. The van der Waals surface area contributed by atoms with Crippen LogP contribution in [0.5, 0.6) is 0 Å². The number of aromatic nitrogens is 3. The summed E-state index contributed by atoms with van der Waals surface area (Å²) in [5.41, 5.74) is 0.0190. The lowest BCUT2D eigenvalue weighted by Gasteiger charge is -2.31. The van der Waals surface area contributed by atoms with Crippen molar-refractivity contribution < 1.29 is 21.9 Å². The average Bonchev–Trinajstić information content (AvgIpc) is 3.29. The molecule has 8 nitrogen and oxygen atoms in total. The quantitative estimate of drug-likeness (QED) is 0.608. The van der Waals surface area contributed by atoms with Crippen LogP contribution in [-0.2, 0) is 28.4 Å². The second-order valence-corrected chi connectivity index (χ2v) is 11.3. The van der Waals surface area contributed by atoms with Crippen molar-refractivity contribution in [2.75, 3.05) is 31.6 Å². The summed E-state index contributed by atoms with van der Waals surface area (Å²) in [7, 11) is -2.31. The van der Waals surface area contributed by atoms with E-state index in [1.807, 2.05) is 0 Å². The molecular formula is C20H26BrF2N5O3S. The Balaban J connectivity index is 1.60. The fourth-order valence-corrected chi connectivity index (χ4v) is 6.62. The lowest BCUT2D eigenvalue weighted by molar-refractivity contribution is 0.0724.